The van der Waals surface area contributed by atoms with Gasteiger partial charge in [0.15, 0.2) is 0 Å². The van der Waals surface area contributed by atoms with E-state index in [0.29, 0.717) is 5.56 Å². The third-order valence-corrected chi connectivity index (χ3v) is 3.27. The molecule has 0 atom stereocenters. The van der Waals surface area contributed by atoms with Crippen molar-refractivity contribution >= 4 is 11.8 Å². The van der Waals surface area contributed by atoms with E-state index in [2.05, 4.69) is 0 Å². The summed E-state index contributed by atoms with van der Waals surface area (Å²) in [6.45, 7) is 1.62. The van der Waals surface area contributed by atoms with Crippen molar-refractivity contribution in [2.45, 2.75) is 12.8 Å². The van der Waals surface area contributed by atoms with Crippen LogP contribution in [-0.2, 0) is 4.79 Å². The number of carbonyl (C=O) groups excluding carboxylic acids is 2. The minimum atomic E-state index is -0.382. The van der Waals surface area contributed by atoms with E-state index >= 15 is 0 Å². The summed E-state index contributed by atoms with van der Waals surface area (Å²) in [4.78, 5) is 27.1. The Balaban J connectivity index is 1.95. The molecule has 0 saturated carbocycles. The van der Waals surface area contributed by atoms with Crippen molar-refractivity contribution in [1.82, 2.24) is 9.80 Å². The Morgan fingerprint density at radius 1 is 1.21 bits per heavy atom. The van der Waals surface area contributed by atoms with Crippen LogP contribution in [0.3, 0.4) is 0 Å². The van der Waals surface area contributed by atoms with E-state index in [0.717, 1.165) is 25.9 Å². The molecule has 102 valence electrons. The number of carbonyl (C=O) groups is 2. The van der Waals surface area contributed by atoms with Crippen molar-refractivity contribution in [3.05, 3.63) is 35.6 Å². The number of nitrogens with zero attached hydrogens (tertiary/aromatic N) is 2. The molecule has 1 aromatic carbocycles. The lowest BCUT2D eigenvalue weighted by molar-refractivity contribution is -0.130. The van der Waals surface area contributed by atoms with Gasteiger partial charge in [0.2, 0.25) is 5.91 Å². The summed E-state index contributed by atoms with van der Waals surface area (Å²) in [5.74, 6) is -0.685. The molecule has 1 saturated heterocycles. The standard InChI is InChI=1S/C14H17FN2O2/c1-16(10-13(18)17-8-2-3-9-17)14(19)11-4-6-12(15)7-5-11/h4-7H,2-3,8-10H2,1H3. The lowest BCUT2D eigenvalue weighted by Crippen LogP contribution is -2.39. The minimum absolute atomic E-state index is 0.0320. The van der Waals surface area contributed by atoms with Crippen LogP contribution >= 0.6 is 0 Å². The Kier molecular flexibility index (Phi) is 4.14. The number of likely N-dealkylation sites (N-methyl/N-ethyl adjacent to an activating group) is 1. The maximum atomic E-state index is 12.8. The molecule has 4 nitrogen and oxygen atoms in total. The van der Waals surface area contributed by atoms with Crippen LogP contribution in [0.1, 0.15) is 23.2 Å². The van der Waals surface area contributed by atoms with Crippen LogP contribution in [0.4, 0.5) is 4.39 Å². The Labute approximate surface area is 111 Å². The molecule has 2 rings (SSSR count). The molecule has 1 aliphatic rings. The van der Waals surface area contributed by atoms with Gasteiger partial charge >= 0.3 is 0 Å². The highest BCUT2D eigenvalue weighted by Crippen LogP contribution is 2.09. The molecule has 0 N–H and O–H groups in total. The minimum Gasteiger partial charge on any atom is -0.341 e. The van der Waals surface area contributed by atoms with E-state index in [9.17, 15) is 14.0 Å². The first kappa shape index (κ1) is 13.5. The molecule has 19 heavy (non-hydrogen) atoms. The van der Waals surface area contributed by atoms with E-state index in [1.54, 1.807) is 11.9 Å². The molecule has 2 amide bonds. The number of likely N-dealkylation sites (tertiary alicyclic amines) is 1. The van der Waals surface area contributed by atoms with Crippen LogP contribution in [0.2, 0.25) is 0 Å². The molecule has 0 spiro atoms. The topological polar surface area (TPSA) is 40.6 Å². The second-order valence-corrected chi connectivity index (χ2v) is 4.76. The van der Waals surface area contributed by atoms with Gasteiger partial charge in [-0.3, -0.25) is 9.59 Å². The summed E-state index contributed by atoms with van der Waals surface area (Å²) in [6, 6.07) is 5.33. The largest absolute Gasteiger partial charge is 0.341 e. The summed E-state index contributed by atoms with van der Waals surface area (Å²) in [7, 11) is 1.58. The van der Waals surface area contributed by atoms with E-state index < -0.39 is 0 Å². The van der Waals surface area contributed by atoms with Crippen molar-refractivity contribution < 1.29 is 14.0 Å². The van der Waals surface area contributed by atoms with Crippen molar-refractivity contribution in [1.29, 1.82) is 0 Å². The van der Waals surface area contributed by atoms with Gasteiger partial charge in [0.1, 0.15) is 5.82 Å². The molecule has 0 aliphatic carbocycles. The summed E-state index contributed by atoms with van der Waals surface area (Å²) < 4.78 is 12.8. The zero-order valence-electron chi connectivity index (χ0n) is 10.9. The van der Waals surface area contributed by atoms with Gasteiger partial charge in [-0.1, -0.05) is 0 Å². The molecule has 0 unspecified atom stereocenters. The quantitative estimate of drug-likeness (QED) is 0.830. The highest BCUT2D eigenvalue weighted by Gasteiger charge is 2.21. The molecule has 0 bridgehead atoms. The number of hydrogen-bond donors (Lipinski definition) is 0. The average molecular weight is 264 g/mol. The SMILES string of the molecule is CN(CC(=O)N1CCCC1)C(=O)c1ccc(F)cc1. The molecule has 0 aromatic heterocycles. The second kappa shape index (κ2) is 5.82. The van der Waals surface area contributed by atoms with E-state index in [-0.39, 0.29) is 24.2 Å². The number of halogens is 1. The molecular formula is C14H17FN2O2. The van der Waals surface area contributed by atoms with Gasteiger partial charge in [0.25, 0.3) is 5.91 Å². The maximum Gasteiger partial charge on any atom is 0.254 e. The summed E-state index contributed by atoms with van der Waals surface area (Å²) in [5.41, 5.74) is 0.387. The maximum absolute atomic E-state index is 12.8. The molecule has 1 aliphatic heterocycles. The average Bonchev–Trinajstić information content (AvgIpc) is 2.92. The predicted octanol–water partition coefficient (Wildman–Crippen LogP) is 1.52. The predicted molar refractivity (Wildman–Crippen MR) is 69.2 cm³/mol. The number of amides is 2. The van der Waals surface area contributed by atoms with Gasteiger partial charge in [-0.15, -0.1) is 0 Å². The second-order valence-electron chi connectivity index (χ2n) is 4.76. The van der Waals surface area contributed by atoms with Gasteiger partial charge < -0.3 is 9.80 Å². The molecule has 0 radical (unpaired) electrons. The van der Waals surface area contributed by atoms with Gasteiger partial charge in [0.05, 0.1) is 6.54 Å². The first-order chi connectivity index (χ1) is 9.08. The first-order valence-corrected chi connectivity index (χ1v) is 6.37. The third-order valence-electron chi connectivity index (χ3n) is 3.27. The smallest absolute Gasteiger partial charge is 0.254 e. The van der Waals surface area contributed by atoms with Crippen molar-refractivity contribution in [3.8, 4) is 0 Å². The zero-order valence-corrected chi connectivity index (χ0v) is 10.9. The Hall–Kier alpha value is -1.91. The fourth-order valence-corrected chi connectivity index (χ4v) is 2.15. The van der Waals surface area contributed by atoms with Gasteiger partial charge in [-0.25, -0.2) is 4.39 Å². The number of hydrogen-bond acceptors (Lipinski definition) is 2. The van der Waals surface area contributed by atoms with Crippen molar-refractivity contribution in [2.24, 2.45) is 0 Å². The Bertz CT molecular complexity index is 467. The zero-order chi connectivity index (χ0) is 13.8. The third kappa shape index (κ3) is 3.30. The summed E-state index contributed by atoms with van der Waals surface area (Å²) in [6.07, 6.45) is 2.06. The number of benzene rings is 1. The van der Waals surface area contributed by atoms with Gasteiger partial charge in [-0.05, 0) is 37.1 Å². The normalized spacial score (nSPS) is 14.5. The van der Waals surface area contributed by atoms with Gasteiger partial charge in [-0.2, -0.15) is 0 Å². The van der Waals surface area contributed by atoms with Crippen LogP contribution in [0.5, 0.6) is 0 Å². The summed E-state index contributed by atoms with van der Waals surface area (Å²) >= 11 is 0. The van der Waals surface area contributed by atoms with Gasteiger partial charge in [0, 0.05) is 25.7 Å². The van der Waals surface area contributed by atoms with E-state index in [4.69, 9.17) is 0 Å². The number of rotatable bonds is 3. The molecular weight excluding hydrogens is 247 g/mol. The highest BCUT2D eigenvalue weighted by atomic mass is 19.1. The summed E-state index contributed by atoms with van der Waals surface area (Å²) in [5, 5.41) is 0. The van der Waals surface area contributed by atoms with Crippen LogP contribution < -0.4 is 0 Å². The first-order valence-electron chi connectivity index (χ1n) is 6.37. The Morgan fingerprint density at radius 2 is 1.79 bits per heavy atom. The monoisotopic (exact) mass is 264 g/mol. The molecule has 1 heterocycles. The van der Waals surface area contributed by atoms with Crippen molar-refractivity contribution in [3.63, 3.8) is 0 Å². The van der Waals surface area contributed by atoms with Crippen LogP contribution in [0.15, 0.2) is 24.3 Å². The molecule has 5 heteroatoms. The van der Waals surface area contributed by atoms with Crippen LogP contribution in [0.25, 0.3) is 0 Å². The molecule has 1 aromatic rings. The molecule has 1 fully saturated rings. The van der Waals surface area contributed by atoms with Crippen molar-refractivity contribution in [2.75, 3.05) is 26.7 Å². The van der Waals surface area contributed by atoms with E-state index in [1.807, 2.05) is 0 Å². The fourth-order valence-electron chi connectivity index (χ4n) is 2.15. The highest BCUT2D eigenvalue weighted by molar-refractivity contribution is 5.96. The fraction of sp³-hybridized carbons (Fsp3) is 0.429. The lowest BCUT2D eigenvalue weighted by Gasteiger charge is -2.21. The van der Waals surface area contributed by atoms with E-state index in [1.165, 1.54) is 29.2 Å². The Morgan fingerprint density at radius 3 is 2.37 bits per heavy atom. The lowest BCUT2D eigenvalue weighted by atomic mass is 10.2. The van der Waals surface area contributed by atoms with Crippen LogP contribution in [-0.4, -0.2) is 48.3 Å². The van der Waals surface area contributed by atoms with Crippen LogP contribution in [0, 0.1) is 5.82 Å².